The molecule has 0 rings (SSSR count). The summed E-state index contributed by atoms with van der Waals surface area (Å²) in [7, 11) is 0. The van der Waals surface area contributed by atoms with E-state index in [0.29, 0.717) is 24.8 Å². The Hall–Kier alpha value is -0.570. The van der Waals surface area contributed by atoms with Crippen LogP contribution in [0.15, 0.2) is 0 Å². The van der Waals surface area contributed by atoms with Crippen LogP contribution in [0.4, 0.5) is 0 Å². The molecule has 1 unspecified atom stereocenters. The standard InChI is InChI=1S/C11H24N2O/c1-8(2)10(7-12)5-6-11(14)13-9(3)4/h8-10H,5-7,12H2,1-4H3,(H,13,14). The third kappa shape index (κ3) is 5.97. The molecule has 0 aromatic rings. The predicted molar refractivity (Wildman–Crippen MR) is 59.9 cm³/mol. The second-order valence-electron chi connectivity index (χ2n) is 4.50. The average Bonchev–Trinajstić information content (AvgIpc) is 2.03. The van der Waals surface area contributed by atoms with Crippen LogP contribution in [-0.4, -0.2) is 18.5 Å². The Kier molecular flexibility index (Phi) is 6.54. The van der Waals surface area contributed by atoms with E-state index in [1.54, 1.807) is 0 Å². The van der Waals surface area contributed by atoms with Crippen molar-refractivity contribution in [2.75, 3.05) is 6.54 Å². The molecule has 3 nitrogen and oxygen atoms in total. The van der Waals surface area contributed by atoms with Crippen LogP contribution in [0.3, 0.4) is 0 Å². The van der Waals surface area contributed by atoms with Gasteiger partial charge in [0.15, 0.2) is 0 Å². The first kappa shape index (κ1) is 13.4. The fraction of sp³-hybridized carbons (Fsp3) is 0.909. The summed E-state index contributed by atoms with van der Waals surface area (Å²) < 4.78 is 0. The quantitative estimate of drug-likeness (QED) is 0.683. The molecule has 0 aromatic carbocycles. The van der Waals surface area contributed by atoms with Crippen LogP contribution in [0.5, 0.6) is 0 Å². The number of carbonyl (C=O) groups is 1. The van der Waals surface area contributed by atoms with Crippen LogP contribution < -0.4 is 11.1 Å². The van der Waals surface area contributed by atoms with Crippen LogP contribution in [0, 0.1) is 11.8 Å². The summed E-state index contributed by atoms with van der Waals surface area (Å²) in [6.45, 7) is 8.92. The molecule has 1 amide bonds. The molecule has 3 heteroatoms. The number of nitrogens with one attached hydrogen (secondary N) is 1. The van der Waals surface area contributed by atoms with Crippen molar-refractivity contribution in [2.24, 2.45) is 17.6 Å². The summed E-state index contributed by atoms with van der Waals surface area (Å²) in [4.78, 5) is 11.3. The third-order valence-corrected chi connectivity index (χ3v) is 2.44. The van der Waals surface area contributed by atoms with Gasteiger partial charge in [-0.2, -0.15) is 0 Å². The van der Waals surface area contributed by atoms with Crippen molar-refractivity contribution in [1.82, 2.24) is 5.32 Å². The second-order valence-corrected chi connectivity index (χ2v) is 4.50. The smallest absolute Gasteiger partial charge is 0.220 e. The molecule has 0 aliphatic rings. The molecule has 1 atom stereocenters. The molecule has 0 aromatic heterocycles. The Bertz CT molecular complexity index is 167. The first-order valence-corrected chi connectivity index (χ1v) is 5.46. The van der Waals surface area contributed by atoms with E-state index in [-0.39, 0.29) is 11.9 Å². The highest BCUT2D eigenvalue weighted by Gasteiger charge is 2.13. The topological polar surface area (TPSA) is 55.1 Å². The highest BCUT2D eigenvalue weighted by Crippen LogP contribution is 2.15. The van der Waals surface area contributed by atoms with Gasteiger partial charge in [0.25, 0.3) is 0 Å². The van der Waals surface area contributed by atoms with Crippen LogP contribution in [0.2, 0.25) is 0 Å². The van der Waals surface area contributed by atoms with E-state index in [1.165, 1.54) is 0 Å². The van der Waals surface area contributed by atoms with E-state index in [1.807, 2.05) is 13.8 Å². The molecule has 0 radical (unpaired) electrons. The summed E-state index contributed by atoms with van der Waals surface area (Å²) in [5.74, 6) is 1.17. The minimum absolute atomic E-state index is 0.138. The Morgan fingerprint density at radius 2 is 1.86 bits per heavy atom. The highest BCUT2D eigenvalue weighted by atomic mass is 16.1. The van der Waals surface area contributed by atoms with Crippen molar-refractivity contribution >= 4 is 5.91 Å². The molecular weight excluding hydrogens is 176 g/mol. The van der Waals surface area contributed by atoms with Gasteiger partial charge in [-0.15, -0.1) is 0 Å². The molecule has 0 aliphatic carbocycles. The minimum Gasteiger partial charge on any atom is -0.354 e. The van der Waals surface area contributed by atoms with Crippen LogP contribution in [-0.2, 0) is 4.79 Å². The lowest BCUT2D eigenvalue weighted by atomic mass is 9.91. The van der Waals surface area contributed by atoms with Crippen LogP contribution in [0.25, 0.3) is 0 Å². The maximum Gasteiger partial charge on any atom is 0.220 e. The van der Waals surface area contributed by atoms with E-state index in [2.05, 4.69) is 19.2 Å². The number of rotatable bonds is 6. The molecule has 0 saturated carbocycles. The molecule has 0 fully saturated rings. The van der Waals surface area contributed by atoms with E-state index in [4.69, 9.17) is 5.73 Å². The Balaban J connectivity index is 3.74. The van der Waals surface area contributed by atoms with Crippen molar-refractivity contribution < 1.29 is 4.79 Å². The van der Waals surface area contributed by atoms with Gasteiger partial charge in [0.1, 0.15) is 0 Å². The largest absolute Gasteiger partial charge is 0.354 e. The molecule has 3 N–H and O–H groups in total. The second kappa shape index (κ2) is 6.82. The normalized spacial score (nSPS) is 13.4. The number of carbonyl (C=O) groups excluding carboxylic acids is 1. The number of hydrogen-bond acceptors (Lipinski definition) is 2. The number of hydrogen-bond donors (Lipinski definition) is 2. The SMILES string of the molecule is CC(C)NC(=O)CCC(CN)C(C)C. The summed E-state index contributed by atoms with van der Waals surface area (Å²) in [5, 5.41) is 2.88. The first-order chi connectivity index (χ1) is 6.47. The third-order valence-electron chi connectivity index (χ3n) is 2.44. The average molecular weight is 200 g/mol. The fourth-order valence-electron chi connectivity index (χ4n) is 1.43. The zero-order chi connectivity index (χ0) is 11.1. The van der Waals surface area contributed by atoms with E-state index in [0.717, 1.165) is 6.42 Å². The van der Waals surface area contributed by atoms with Gasteiger partial charge in [-0.3, -0.25) is 4.79 Å². The zero-order valence-corrected chi connectivity index (χ0v) is 9.84. The van der Waals surface area contributed by atoms with E-state index in [9.17, 15) is 4.79 Å². The lowest BCUT2D eigenvalue weighted by Crippen LogP contribution is -2.31. The molecule has 0 saturated heterocycles. The summed E-state index contributed by atoms with van der Waals surface area (Å²) in [6, 6.07) is 0.234. The maximum absolute atomic E-state index is 11.3. The first-order valence-electron chi connectivity index (χ1n) is 5.46. The fourth-order valence-corrected chi connectivity index (χ4v) is 1.43. The van der Waals surface area contributed by atoms with Crippen molar-refractivity contribution in [1.29, 1.82) is 0 Å². The summed E-state index contributed by atoms with van der Waals surface area (Å²) in [5.41, 5.74) is 5.63. The van der Waals surface area contributed by atoms with Crippen molar-refractivity contribution in [3.05, 3.63) is 0 Å². The molecule has 0 bridgehead atoms. The summed E-state index contributed by atoms with van der Waals surface area (Å²) >= 11 is 0. The Morgan fingerprint density at radius 3 is 2.21 bits per heavy atom. The van der Waals surface area contributed by atoms with Gasteiger partial charge in [0, 0.05) is 12.5 Å². The monoisotopic (exact) mass is 200 g/mol. The summed E-state index contributed by atoms with van der Waals surface area (Å²) in [6.07, 6.45) is 1.49. The molecule has 84 valence electrons. The maximum atomic E-state index is 11.3. The zero-order valence-electron chi connectivity index (χ0n) is 9.84. The van der Waals surface area contributed by atoms with Crippen LogP contribution >= 0.6 is 0 Å². The van der Waals surface area contributed by atoms with Gasteiger partial charge in [0.05, 0.1) is 0 Å². The molecule has 14 heavy (non-hydrogen) atoms. The number of nitrogens with two attached hydrogens (primary N) is 1. The molecule has 0 spiro atoms. The Labute approximate surface area is 87.4 Å². The minimum atomic E-state index is 0.138. The Morgan fingerprint density at radius 1 is 1.29 bits per heavy atom. The predicted octanol–water partition coefficient (Wildman–Crippen LogP) is 1.52. The molecular formula is C11H24N2O. The highest BCUT2D eigenvalue weighted by molar-refractivity contribution is 5.76. The van der Waals surface area contributed by atoms with Crippen molar-refractivity contribution in [2.45, 2.75) is 46.6 Å². The lowest BCUT2D eigenvalue weighted by Gasteiger charge is -2.18. The van der Waals surface area contributed by atoms with Gasteiger partial charge < -0.3 is 11.1 Å². The lowest BCUT2D eigenvalue weighted by molar-refractivity contribution is -0.121. The van der Waals surface area contributed by atoms with Crippen LogP contribution in [0.1, 0.15) is 40.5 Å². The van der Waals surface area contributed by atoms with Gasteiger partial charge in [-0.25, -0.2) is 0 Å². The van der Waals surface area contributed by atoms with Crippen molar-refractivity contribution in [3.8, 4) is 0 Å². The molecule has 0 heterocycles. The van der Waals surface area contributed by atoms with Gasteiger partial charge in [-0.1, -0.05) is 13.8 Å². The molecule has 0 aliphatic heterocycles. The van der Waals surface area contributed by atoms with Crippen molar-refractivity contribution in [3.63, 3.8) is 0 Å². The van der Waals surface area contributed by atoms with Gasteiger partial charge in [-0.05, 0) is 38.6 Å². The number of amides is 1. The van der Waals surface area contributed by atoms with E-state index < -0.39 is 0 Å². The van der Waals surface area contributed by atoms with Gasteiger partial charge >= 0.3 is 0 Å². The van der Waals surface area contributed by atoms with Gasteiger partial charge in [0.2, 0.25) is 5.91 Å². The van der Waals surface area contributed by atoms with E-state index >= 15 is 0 Å².